The molecule has 1 atom stereocenters. The molecule has 0 fully saturated rings. The lowest BCUT2D eigenvalue weighted by atomic mass is 10.0. The van der Waals surface area contributed by atoms with Crippen molar-refractivity contribution in [1.29, 1.82) is 0 Å². The second-order valence-electron chi connectivity index (χ2n) is 8.15. The summed E-state index contributed by atoms with van der Waals surface area (Å²) in [4.78, 5) is 0. The monoisotopic (exact) mass is 374 g/mol. The lowest BCUT2D eigenvalue weighted by Gasteiger charge is -2.18. The summed E-state index contributed by atoms with van der Waals surface area (Å²) in [7, 11) is 0. The predicted molar refractivity (Wildman–Crippen MR) is 120 cm³/mol. The number of ether oxygens (including phenoxy) is 1. The van der Waals surface area contributed by atoms with Crippen LogP contribution in [-0.2, 0) is 4.74 Å². The van der Waals surface area contributed by atoms with Crippen LogP contribution in [0.1, 0.15) is 128 Å². The Bertz CT molecular complexity index is 400. The molecule has 0 amide bonds. The molecular weight excluding hydrogens is 328 g/mol. The molecule has 0 radical (unpaired) electrons. The van der Waals surface area contributed by atoms with Crippen LogP contribution in [0, 0.1) is 0 Å². The number of rotatable bonds is 19. The van der Waals surface area contributed by atoms with Gasteiger partial charge in [0.1, 0.15) is 0 Å². The summed E-state index contributed by atoms with van der Waals surface area (Å²) in [6.45, 7) is 5.49. The molecule has 1 rings (SSSR count). The Labute approximate surface area is 170 Å². The first-order valence-corrected chi connectivity index (χ1v) is 12.0. The van der Waals surface area contributed by atoms with E-state index in [-0.39, 0.29) is 0 Å². The normalized spacial score (nSPS) is 12.4. The van der Waals surface area contributed by atoms with Gasteiger partial charge in [0.05, 0.1) is 6.10 Å². The van der Waals surface area contributed by atoms with E-state index < -0.39 is 0 Å². The highest BCUT2D eigenvalue weighted by molar-refractivity contribution is 5.17. The minimum absolute atomic E-state index is 0.298. The van der Waals surface area contributed by atoms with E-state index in [2.05, 4.69) is 44.2 Å². The molecule has 0 saturated heterocycles. The predicted octanol–water partition coefficient (Wildman–Crippen LogP) is 9.03. The van der Waals surface area contributed by atoms with E-state index in [9.17, 15) is 0 Å². The molecule has 1 aromatic rings. The van der Waals surface area contributed by atoms with Gasteiger partial charge in [0.15, 0.2) is 0 Å². The van der Waals surface area contributed by atoms with Crippen molar-refractivity contribution in [1.82, 2.24) is 0 Å². The largest absolute Gasteiger partial charge is 0.374 e. The van der Waals surface area contributed by atoms with Gasteiger partial charge in [0.25, 0.3) is 0 Å². The number of benzene rings is 1. The van der Waals surface area contributed by atoms with Gasteiger partial charge in [-0.05, 0) is 18.4 Å². The van der Waals surface area contributed by atoms with Gasteiger partial charge in [-0.2, -0.15) is 0 Å². The lowest BCUT2D eigenvalue weighted by molar-refractivity contribution is 0.0421. The van der Waals surface area contributed by atoms with Crippen molar-refractivity contribution in [3.05, 3.63) is 35.9 Å². The molecule has 0 spiro atoms. The third-order valence-electron chi connectivity index (χ3n) is 5.56. The summed E-state index contributed by atoms with van der Waals surface area (Å²) in [5.74, 6) is 0. The van der Waals surface area contributed by atoms with Crippen LogP contribution in [-0.4, -0.2) is 6.61 Å². The van der Waals surface area contributed by atoms with Crippen molar-refractivity contribution < 1.29 is 4.74 Å². The minimum atomic E-state index is 0.298. The number of unbranched alkanes of at least 4 members (excludes halogenated alkanes) is 13. The zero-order valence-electron chi connectivity index (χ0n) is 18.4. The Kier molecular flexibility index (Phi) is 16.6. The molecule has 1 unspecified atom stereocenters. The Balaban J connectivity index is 2.16. The van der Waals surface area contributed by atoms with E-state index in [1.165, 1.54) is 108 Å². The van der Waals surface area contributed by atoms with E-state index in [0.29, 0.717) is 6.10 Å². The highest BCUT2D eigenvalue weighted by Crippen LogP contribution is 2.25. The fourth-order valence-corrected chi connectivity index (χ4v) is 3.76. The van der Waals surface area contributed by atoms with E-state index in [1.807, 2.05) is 0 Å². The summed E-state index contributed by atoms with van der Waals surface area (Å²) < 4.78 is 6.32. The average molecular weight is 375 g/mol. The van der Waals surface area contributed by atoms with Crippen molar-refractivity contribution in [2.45, 2.75) is 123 Å². The highest BCUT2D eigenvalue weighted by Gasteiger charge is 2.11. The molecule has 0 aromatic heterocycles. The summed E-state index contributed by atoms with van der Waals surface area (Å²) >= 11 is 0. The van der Waals surface area contributed by atoms with Crippen molar-refractivity contribution in [2.24, 2.45) is 0 Å². The molecule has 0 N–H and O–H groups in total. The molecule has 0 aliphatic rings. The van der Waals surface area contributed by atoms with Gasteiger partial charge in [-0.1, -0.05) is 134 Å². The molecule has 0 bridgehead atoms. The maximum absolute atomic E-state index is 6.32. The van der Waals surface area contributed by atoms with Crippen LogP contribution in [0.15, 0.2) is 30.3 Å². The standard InChI is InChI=1S/C26H46O/c1-3-5-7-9-11-13-15-20-24-27-26(25-21-17-16-18-22-25)23-19-14-12-10-8-6-4-2/h16-18,21-22,26H,3-15,19-20,23-24H2,1-2H3. The van der Waals surface area contributed by atoms with Crippen molar-refractivity contribution in [2.75, 3.05) is 6.61 Å². The van der Waals surface area contributed by atoms with Crippen LogP contribution in [0.5, 0.6) is 0 Å². The third-order valence-corrected chi connectivity index (χ3v) is 5.56. The van der Waals surface area contributed by atoms with E-state index in [4.69, 9.17) is 4.74 Å². The summed E-state index contributed by atoms with van der Waals surface area (Å²) in [5, 5.41) is 0. The van der Waals surface area contributed by atoms with Gasteiger partial charge in [-0.15, -0.1) is 0 Å². The quantitative estimate of drug-likeness (QED) is 0.219. The van der Waals surface area contributed by atoms with Crippen LogP contribution >= 0.6 is 0 Å². The highest BCUT2D eigenvalue weighted by atomic mass is 16.5. The van der Waals surface area contributed by atoms with Gasteiger partial charge in [-0.25, -0.2) is 0 Å². The SMILES string of the molecule is CCCCCCCCCCOC(CCCCCCCCC)c1ccccc1. The summed E-state index contributed by atoms with van der Waals surface area (Å²) in [6, 6.07) is 10.9. The second-order valence-corrected chi connectivity index (χ2v) is 8.15. The van der Waals surface area contributed by atoms with Crippen molar-refractivity contribution in [3.8, 4) is 0 Å². The van der Waals surface area contributed by atoms with E-state index >= 15 is 0 Å². The van der Waals surface area contributed by atoms with Crippen LogP contribution in [0.4, 0.5) is 0 Å². The molecule has 1 nitrogen and oxygen atoms in total. The van der Waals surface area contributed by atoms with Crippen LogP contribution < -0.4 is 0 Å². The Morgan fingerprint density at radius 3 is 1.63 bits per heavy atom. The van der Waals surface area contributed by atoms with Gasteiger partial charge in [0.2, 0.25) is 0 Å². The molecule has 27 heavy (non-hydrogen) atoms. The minimum Gasteiger partial charge on any atom is -0.374 e. The zero-order valence-corrected chi connectivity index (χ0v) is 18.4. The third kappa shape index (κ3) is 13.9. The van der Waals surface area contributed by atoms with Gasteiger partial charge < -0.3 is 4.74 Å². The molecule has 0 aliphatic heterocycles. The average Bonchev–Trinajstić information content (AvgIpc) is 2.71. The molecule has 1 heteroatoms. The summed E-state index contributed by atoms with van der Waals surface area (Å²) in [6.07, 6.45) is 22.0. The molecule has 0 saturated carbocycles. The van der Waals surface area contributed by atoms with Crippen molar-refractivity contribution >= 4 is 0 Å². The van der Waals surface area contributed by atoms with E-state index in [0.717, 1.165) is 6.61 Å². The first-order valence-electron chi connectivity index (χ1n) is 12.0. The fraction of sp³-hybridized carbons (Fsp3) is 0.769. The topological polar surface area (TPSA) is 9.23 Å². The number of hydrogen-bond acceptors (Lipinski definition) is 1. The molecule has 0 heterocycles. The molecule has 0 aliphatic carbocycles. The lowest BCUT2D eigenvalue weighted by Crippen LogP contribution is -2.06. The summed E-state index contributed by atoms with van der Waals surface area (Å²) in [5.41, 5.74) is 1.36. The second kappa shape index (κ2) is 18.5. The first-order chi connectivity index (χ1) is 13.4. The Morgan fingerprint density at radius 1 is 0.593 bits per heavy atom. The van der Waals surface area contributed by atoms with Gasteiger partial charge in [-0.3, -0.25) is 0 Å². The fourth-order valence-electron chi connectivity index (χ4n) is 3.76. The maximum atomic E-state index is 6.32. The van der Waals surface area contributed by atoms with Crippen molar-refractivity contribution in [3.63, 3.8) is 0 Å². The zero-order chi connectivity index (χ0) is 19.4. The molecular formula is C26H46O. The Hall–Kier alpha value is -0.820. The van der Waals surface area contributed by atoms with Gasteiger partial charge >= 0.3 is 0 Å². The maximum Gasteiger partial charge on any atom is 0.0824 e. The van der Waals surface area contributed by atoms with Crippen LogP contribution in [0.3, 0.4) is 0 Å². The number of hydrogen-bond donors (Lipinski definition) is 0. The van der Waals surface area contributed by atoms with E-state index in [1.54, 1.807) is 0 Å². The first kappa shape index (κ1) is 24.2. The Morgan fingerprint density at radius 2 is 1.07 bits per heavy atom. The van der Waals surface area contributed by atoms with Crippen LogP contribution in [0.2, 0.25) is 0 Å². The van der Waals surface area contributed by atoms with Crippen LogP contribution in [0.25, 0.3) is 0 Å². The molecule has 156 valence electrons. The van der Waals surface area contributed by atoms with Gasteiger partial charge in [0, 0.05) is 6.61 Å². The molecule has 1 aromatic carbocycles. The smallest absolute Gasteiger partial charge is 0.0824 e.